The minimum Gasteiger partial charge on any atom is -0.480 e. The number of aryl methyl sites for hydroxylation is 2. The molecule has 6 heteroatoms. The van der Waals surface area contributed by atoms with Crippen LogP contribution in [0, 0.1) is 19.8 Å². The molecular weight excluding hydrogens is 266 g/mol. The van der Waals surface area contributed by atoms with Gasteiger partial charge in [-0.15, -0.1) is 0 Å². The third-order valence-corrected chi connectivity index (χ3v) is 4.44. The van der Waals surface area contributed by atoms with Crippen molar-refractivity contribution in [3.63, 3.8) is 0 Å². The molecule has 0 aliphatic rings. The van der Waals surface area contributed by atoms with Crippen LogP contribution in [0.25, 0.3) is 0 Å². The molecule has 1 atom stereocenters. The SMILES string of the molecule is Cc1ccc(S(=O)(=O)N[C@H](C(=O)O)C(C)C)cc1C. The van der Waals surface area contributed by atoms with E-state index >= 15 is 0 Å². The van der Waals surface area contributed by atoms with Crippen LogP contribution in [0.3, 0.4) is 0 Å². The Morgan fingerprint density at radius 2 is 1.79 bits per heavy atom. The molecule has 2 N–H and O–H groups in total. The highest BCUT2D eigenvalue weighted by molar-refractivity contribution is 7.89. The lowest BCUT2D eigenvalue weighted by atomic mass is 10.1. The van der Waals surface area contributed by atoms with Crippen LogP contribution in [0.5, 0.6) is 0 Å². The molecule has 0 saturated heterocycles. The summed E-state index contributed by atoms with van der Waals surface area (Å²) in [7, 11) is -3.82. The molecule has 0 aliphatic carbocycles. The number of carboxylic acids is 1. The molecule has 0 unspecified atom stereocenters. The Bertz CT molecular complexity index is 578. The van der Waals surface area contributed by atoms with Gasteiger partial charge in [-0.1, -0.05) is 19.9 Å². The van der Waals surface area contributed by atoms with Gasteiger partial charge in [0.2, 0.25) is 10.0 Å². The molecule has 19 heavy (non-hydrogen) atoms. The maximum absolute atomic E-state index is 12.1. The fraction of sp³-hybridized carbons (Fsp3) is 0.462. The average Bonchev–Trinajstić information content (AvgIpc) is 2.28. The van der Waals surface area contributed by atoms with E-state index in [0.29, 0.717) is 0 Å². The predicted molar refractivity (Wildman–Crippen MR) is 72.5 cm³/mol. The van der Waals surface area contributed by atoms with E-state index in [2.05, 4.69) is 4.72 Å². The number of carbonyl (C=O) groups is 1. The van der Waals surface area contributed by atoms with E-state index < -0.39 is 22.0 Å². The zero-order valence-electron chi connectivity index (χ0n) is 11.5. The van der Waals surface area contributed by atoms with Gasteiger partial charge >= 0.3 is 5.97 Å². The first-order valence-corrected chi connectivity index (χ1v) is 7.46. The molecule has 0 saturated carbocycles. The standard InChI is InChI=1S/C13H19NO4S/c1-8(2)12(13(15)16)14-19(17,18)11-6-5-9(3)10(4)7-11/h5-8,12,14H,1-4H3,(H,15,16)/t12-/m0/s1. The number of hydrogen-bond acceptors (Lipinski definition) is 3. The normalized spacial score (nSPS) is 13.5. The van der Waals surface area contributed by atoms with E-state index in [-0.39, 0.29) is 10.8 Å². The number of aliphatic carboxylic acids is 1. The molecule has 0 spiro atoms. The summed E-state index contributed by atoms with van der Waals surface area (Å²) in [4.78, 5) is 11.1. The van der Waals surface area contributed by atoms with Gasteiger partial charge in [-0.3, -0.25) is 4.79 Å². The molecule has 106 valence electrons. The number of carboxylic acid groups (broad SMARTS) is 1. The van der Waals surface area contributed by atoms with Gasteiger partial charge in [0.1, 0.15) is 6.04 Å². The van der Waals surface area contributed by atoms with Gasteiger partial charge in [-0.05, 0) is 43.0 Å². The lowest BCUT2D eigenvalue weighted by molar-refractivity contribution is -0.140. The predicted octanol–water partition coefficient (Wildman–Crippen LogP) is 1.69. The van der Waals surface area contributed by atoms with E-state index in [1.807, 2.05) is 13.8 Å². The van der Waals surface area contributed by atoms with Gasteiger partial charge in [0, 0.05) is 0 Å². The van der Waals surface area contributed by atoms with Crippen LogP contribution in [0.1, 0.15) is 25.0 Å². The van der Waals surface area contributed by atoms with Crippen molar-refractivity contribution in [3.05, 3.63) is 29.3 Å². The van der Waals surface area contributed by atoms with Crippen LogP contribution in [0.15, 0.2) is 23.1 Å². The Labute approximate surface area is 113 Å². The lowest BCUT2D eigenvalue weighted by Crippen LogP contribution is -2.44. The summed E-state index contributed by atoms with van der Waals surface area (Å²) in [5, 5.41) is 9.03. The first-order chi connectivity index (χ1) is 8.65. The Morgan fingerprint density at radius 3 is 2.21 bits per heavy atom. The van der Waals surface area contributed by atoms with Crippen LogP contribution in [-0.4, -0.2) is 25.5 Å². The number of sulfonamides is 1. The van der Waals surface area contributed by atoms with Crippen LogP contribution in [-0.2, 0) is 14.8 Å². The molecule has 0 aromatic heterocycles. The zero-order chi connectivity index (χ0) is 14.8. The highest BCUT2D eigenvalue weighted by Gasteiger charge is 2.28. The molecular formula is C13H19NO4S. The molecule has 1 rings (SSSR count). The van der Waals surface area contributed by atoms with Gasteiger partial charge in [-0.25, -0.2) is 8.42 Å². The van der Waals surface area contributed by atoms with Gasteiger partial charge in [-0.2, -0.15) is 4.72 Å². The monoisotopic (exact) mass is 285 g/mol. The second-order valence-corrected chi connectivity index (χ2v) is 6.64. The summed E-state index contributed by atoms with van der Waals surface area (Å²) in [6, 6.07) is 3.59. The maximum atomic E-state index is 12.1. The van der Waals surface area contributed by atoms with Crippen molar-refractivity contribution >= 4 is 16.0 Å². The Balaban J connectivity index is 3.10. The highest BCUT2D eigenvalue weighted by Crippen LogP contribution is 2.16. The second kappa shape index (κ2) is 5.71. The van der Waals surface area contributed by atoms with E-state index in [1.54, 1.807) is 19.9 Å². The Hall–Kier alpha value is -1.40. The average molecular weight is 285 g/mol. The van der Waals surface area contributed by atoms with Crippen molar-refractivity contribution < 1.29 is 18.3 Å². The van der Waals surface area contributed by atoms with E-state index in [0.717, 1.165) is 11.1 Å². The van der Waals surface area contributed by atoms with Crippen molar-refractivity contribution in [1.82, 2.24) is 4.72 Å². The Kier molecular flexibility index (Phi) is 4.70. The Morgan fingerprint density at radius 1 is 1.21 bits per heavy atom. The smallest absolute Gasteiger partial charge is 0.322 e. The van der Waals surface area contributed by atoms with Crippen molar-refractivity contribution in [2.45, 2.75) is 38.6 Å². The summed E-state index contributed by atoms with van der Waals surface area (Å²) in [6.07, 6.45) is 0. The molecule has 0 aliphatic heterocycles. The zero-order valence-corrected chi connectivity index (χ0v) is 12.3. The summed E-state index contributed by atoms with van der Waals surface area (Å²) in [5.74, 6) is -1.51. The topological polar surface area (TPSA) is 83.5 Å². The van der Waals surface area contributed by atoms with Crippen molar-refractivity contribution in [3.8, 4) is 0 Å². The highest BCUT2D eigenvalue weighted by atomic mass is 32.2. The summed E-state index contributed by atoms with van der Waals surface area (Å²) in [6.45, 7) is 7.00. The second-order valence-electron chi connectivity index (χ2n) is 4.93. The quantitative estimate of drug-likeness (QED) is 0.862. The van der Waals surface area contributed by atoms with E-state index in [9.17, 15) is 13.2 Å². The van der Waals surface area contributed by atoms with Gasteiger partial charge in [0.25, 0.3) is 0 Å². The first kappa shape index (κ1) is 15.7. The van der Waals surface area contributed by atoms with Crippen LogP contribution < -0.4 is 4.72 Å². The molecule has 0 bridgehead atoms. The van der Waals surface area contributed by atoms with Gasteiger partial charge in [0.15, 0.2) is 0 Å². The molecule has 0 heterocycles. The number of rotatable bonds is 5. The minimum absolute atomic E-state index is 0.0856. The van der Waals surface area contributed by atoms with E-state index in [1.165, 1.54) is 12.1 Å². The van der Waals surface area contributed by atoms with Crippen LogP contribution in [0.2, 0.25) is 0 Å². The summed E-state index contributed by atoms with van der Waals surface area (Å²) < 4.78 is 26.5. The van der Waals surface area contributed by atoms with Crippen molar-refractivity contribution in [1.29, 1.82) is 0 Å². The van der Waals surface area contributed by atoms with Crippen molar-refractivity contribution in [2.75, 3.05) is 0 Å². The number of benzene rings is 1. The lowest BCUT2D eigenvalue weighted by Gasteiger charge is -2.18. The minimum atomic E-state index is -3.82. The van der Waals surface area contributed by atoms with Gasteiger partial charge in [0.05, 0.1) is 4.90 Å². The molecule has 5 nitrogen and oxygen atoms in total. The first-order valence-electron chi connectivity index (χ1n) is 5.97. The van der Waals surface area contributed by atoms with Crippen LogP contribution in [0.4, 0.5) is 0 Å². The molecule has 1 aromatic rings. The van der Waals surface area contributed by atoms with Gasteiger partial charge < -0.3 is 5.11 Å². The third-order valence-electron chi connectivity index (χ3n) is 3.00. The number of hydrogen-bond donors (Lipinski definition) is 2. The number of nitrogens with one attached hydrogen (secondary N) is 1. The molecule has 0 fully saturated rings. The van der Waals surface area contributed by atoms with Crippen molar-refractivity contribution in [2.24, 2.45) is 5.92 Å². The van der Waals surface area contributed by atoms with Crippen LogP contribution >= 0.6 is 0 Å². The largest absolute Gasteiger partial charge is 0.480 e. The summed E-state index contributed by atoms with van der Waals surface area (Å²) in [5.41, 5.74) is 1.83. The third kappa shape index (κ3) is 3.78. The fourth-order valence-corrected chi connectivity index (χ4v) is 3.01. The molecule has 0 amide bonds. The molecule has 1 aromatic carbocycles. The fourth-order valence-electron chi connectivity index (χ4n) is 1.59. The maximum Gasteiger partial charge on any atom is 0.322 e. The summed E-state index contributed by atoms with van der Waals surface area (Å²) >= 11 is 0. The molecule has 0 radical (unpaired) electrons. The van der Waals surface area contributed by atoms with E-state index in [4.69, 9.17) is 5.11 Å².